The molecule has 1 atom stereocenters. The Morgan fingerprint density at radius 2 is 1.88 bits per heavy atom. The third kappa shape index (κ3) is 3.20. The molecule has 26 heavy (non-hydrogen) atoms. The van der Waals surface area contributed by atoms with E-state index in [1.165, 1.54) is 12.4 Å². The van der Waals surface area contributed by atoms with Crippen LogP contribution in [0.15, 0.2) is 65.4 Å². The molecule has 0 spiro atoms. The highest BCUT2D eigenvalue weighted by Crippen LogP contribution is 2.35. The van der Waals surface area contributed by atoms with Crippen LogP contribution in [0.25, 0.3) is 5.70 Å². The van der Waals surface area contributed by atoms with E-state index in [4.69, 9.17) is 0 Å². The number of benzene rings is 2. The number of anilines is 1. The molecular weight excluding hydrogens is 406 g/mol. The number of allylic oxidation sites excluding steroid dienone is 1. The Kier molecular flexibility index (Phi) is 4.42. The molecule has 0 amide bonds. The van der Waals surface area contributed by atoms with Crippen molar-refractivity contribution in [2.24, 2.45) is 0 Å². The summed E-state index contributed by atoms with van der Waals surface area (Å²) in [7, 11) is 0. The minimum atomic E-state index is -2.90. The van der Waals surface area contributed by atoms with Gasteiger partial charge in [0.15, 0.2) is 0 Å². The number of rotatable bonds is 4. The van der Waals surface area contributed by atoms with E-state index < -0.39 is 6.61 Å². The number of hydrogen-bond acceptors (Lipinski definition) is 4. The minimum Gasteiger partial charge on any atom is -0.434 e. The number of hydrogen-bond donors (Lipinski definition) is 1. The van der Waals surface area contributed by atoms with Gasteiger partial charge in [-0.3, -0.25) is 0 Å². The summed E-state index contributed by atoms with van der Waals surface area (Å²) in [5, 5.41) is 7.41. The second-order valence-corrected chi connectivity index (χ2v) is 6.52. The van der Waals surface area contributed by atoms with Gasteiger partial charge in [-0.25, -0.2) is 4.68 Å². The van der Waals surface area contributed by atoms with Crippen LogP contribution in [0.2, 0.25) is 0 Å². The number of para-hydroxylation sites is 1. The molecule has 1 aliphatic heterocycles. The van der Waals surface area contributed by atoms with Crippen molar-refractivity contribution in [1.29, 1.82) is 0 Å². The Morgan fingerprint density at radius 1 is 1.12 bits per heavy atom. The number of nitrogens with zero attached hydrogens (tertiary/aromatic N) is 3. The van der Waals surface area contributed by atoms with Gasteiger partial charge in [0.25, 0.3) is 0 Å². The first-order valence-corrected chi connectivity index (χ1v) is 8.59. The molecule has 0 fully saturated rings. The van der Waals surface area contributed by atoms with E-state index in [0.29, 0.717) is 17.2 Å². The standard InChI is InChI=1S/C18H13BrF2N4O/c19-12-7-5-11(6-8-12)15-9-14(24-18-22-10-23-25(15)18)13-3-1-2-4-16(13)26-17(20)21/h1-10,15,17H,(H,22,23,24). The smallest absolute Gasteiger partial charge is 0.387 e. The first-order chi connectivity index (χ1) is 12.6. The Labute approximate surface area is 156 Å². The zero-order valence-electron chi connectivity index (χ0n) is 13.3. The van der Waals surface area contributed by atoms with Crippen LogP contribution < -0.4 is 10.1 Å². The number of ether oxygens (including phenoxy) is 1. The molecule has 3 aromatic rings. The summed E-state index contributed by atoms with van der Waals surface area (Å²) in [5.74, 6) is 0.631. The van der Waals surface area contributed by atoms with Crippen molar-refractivity contribution >= 4 is 27.6 Å². The molecule has 1 aromatic heterocycles. The molecule has 0 bridgehead atoms. The molecule has 0 saturated heterocycles. The Morgan fingerprint density at radius 3 is 2.65 bits per heavy atom. The third-order valence-electron chi connectivity index (χ3n) is 4.01. The largest absolute Gasteiger partial charge is 0.434 e. The topological polar surface area (TPSA) is 52.0 Å². The second kappa shape index (κ2) is 6.87. The summed E-state index contributed by atoms with van der Waals surface area (Å²) in [6, 6.07) is 14.3. The van der Waals surface area contributed by atoms with Gasteiger partial charge in [-0.2, -0.15) is 18.9 Å². The van der Waals surface area contributed by atoms with Crippen LogP contribution in [0.3, 0.4) is 0 Å². The van der Waals surface area contributed by atoms with Gasteiger partial charge in [0.2, 0.25) is 5.95 Å². The van der Waals surface area contributed by atoms with E-state index in [9.17, 15) is 8.78 Å². The Hall–Kier alpha value is -2.74. The van der Waals surface area contributed by atoms with Gasteiger partial charge in [0, 0.05) is 10.0 Å². The molecule has 1 aliphatic rings. The fourth-order valence-electron chi connectivity index (χ4n) is 2.88. The summed E-state index contributed by atoms with van der Waals surface area (Å²) in [6.07, 6.45) is 3.37. The fraction of sp³-hybridized carbons (Fsp3) is 0.111. The van der Waals surface area contributed by atoms with Crippen LogP contribution in [0.4, 0.5) is 14.7 Å². The summed E-state index contributed by atoms with van der Waals surface area (Å²) in [4.78, 5) is 4.22. The van der Waals surface area contributed by atoms with Crippen molar-refractivity contribution in [3.63, 3.8) is 0 Å². The third-order valence-corrected chi connectivity index (χ3v) is 4.54. The maximum Gasteiger partial charge on any atom is 0.387 e. The normalized spacial score (nSPS) is 16.0. The van der Waals surface area contributed by atoms with Crippen LogP contribution in [0.1, 0.15) is 17.2 Å². The lowest BCUT2D eigenvalue weighted by Crippen LogP contribution is -2.20. The van der Waals surface area contributed by atoms with Crippen LogP contribution >= 0.6 is 15.9 Å². The number of aromatic nitrogens is 3. The van der Waals surface area contributed by atoms with E-state index >= 15 is 0 Å². The first-order valence-electron chi connectivity index (χ1n) is 7.80. The van der Waals surface area contributed by atoms with Crippen molar-refractivity contribution in [2.75, 3.05) is 5.32 Å². The van der Waals surface area contributed by atoms with Crippen molar-refractivity contribution in [3.05, 3.63) is 76.5 Å². The maximum atomic E-state index is 12.7. The monoisotopic (exact) mass is 418 g/mol. The zero-order chi connectivity index (χ0) is 18.1. The maximum absolute atomic E-state index is 12.7. The number of halogens is 3. The molecule has 2 heterocycles. The quantitative estimate of drug-likeness (QED) is 0.667. The molecule has 132 valence electrons. The SMILES string of the molecule is FC(F)Oc1ccccc1C1=CC(c2ccc(Br)cc2)n2ncnc2N1. The minimum absolute atomic E-state index is 0.101. The fourth-order valence-corrected chi connectivity index (χ4v) is 3.14. The lowest BCUT2D eigenvalue weighted by atomic mass is 10.0. The van der Waals surface area contributed by atoms with Crippen molar-refractivity contribution in [3.8, 4) is 5.75 Å². The molecule has 8 heteroatoms. The van der Waals surface area contributed by atoms with Crippen LogP contribution in [0, 0.1) is 0 Å². The first kappa shape index (κ1) is 16.7. The Balaban J connectivity index is 1.79. The molecular formula is C18H13BrF2N4O. The second-order valence-electron chi connectivity index (χ2n) is 5.60. The van der Waals surface area contributed by atoms with Gasteiger partial charge in [-0.1, -0.05) is 40.2 Å². The molecule has 0 aliphatic carbocycles. The highest BCUT2D eigenvalue weighted by molar-refractivity contribution is 9.10. The van der Waals surface area contributed by atoms with E-state index in [1.54, 1.807) is 22.9 Å². The number of alkyl halides is 2. The van der Waals surface area contributed by atoms with E-state index in [0.717, 1.165) is 10.0 Å². The molecule has 2 aromatic carbocycles. The van der Waals surface area contributed by atoms with Crippen molar-refractivity contribution in [2.45, 2.75) is 12.7 Å². The molecule has 1 N–H and O–H groups in total. The predicted molar refractivity (Wildman–Crippen MR) is 97.0 cm³/mol. The number of fused-ring (bicyclic) bond motifs is 1. The summed E-state index contributed by atoms with van der Waals surface area (Å²) < 4.78 is 32.9. The lowest BCUT2D eigenvalue weighted by molar-refractivity contribution is -0.0500. The van der Waals surface area contributed by atoms with Crippen LogP contribution in [-0.4, -0.2) is 21.4 Å². The highest BCUT2D eigenvalue weighted by Gasteiger charge is 2.25. The lowest BCUT2D eigenvalue weighted by Gasteiger charge is -2.25. The van der Waals surface area contributed by atoms with Crippen molar-refractivity contribution < 1.29 is 13.5 Å². The summed E-state index contributed by atoms with van der Waals surface area (Å²) >= 11 is 3.42. The van der Waals surface area contributed by atoms with Gasteiger partial charge in [-0.15, -0.1) is 0 Å². The van der Waals surface area contributed by atoms with Gasteiger partial charge in [0.1, 0.15) is 18.1 Å². The van der Waals surface area contributed by atoms with Crippen LogP contribution in [-0.2, 0) is 0 Å². The van der Waals surface area contributed by atoms with Crippen LogP contribution in [0.5, 0.6) is 5.75 Å². The molecule has 5 nitrogen and oxygen atoms in total. The number of nitrogens with one attached hydrogen (secondary N) is 1. The average Bonchev–Trinajstić information content (AvgIpc) is 3.10. The van der Waals surface area contributed by atoms with Crippen molar-refractivity contribution in [1.82, 2.24) is 14.8 Å². The highest BCUT2D eigenvalue weighted by atomic mass is 79.9. The molecule has 0 radical (unpaired) electrons. The summed E-state index contributed by atoms with van der Waals surface area (Å²) in [6.45, 7) is -2.90. The molecule has 0 saturated carbocycles. The van der Waals surface area contributed by atoms with E-state index in [1.807, 2.05) is 30.3 Å². The molecule has 1 unspecified atom stereocenters. The predicted octanol–water partition coefficient (Wildman–Crippen LogP) is 4.70. The van der Waals surface area contributed by atoms with E-state index in [2.05, 4.69) is 36.1 Å². The van der Waals surface area contributed by atoms with Gasteiger partial charge in [0.05, 0.1) is 5.70 Å². The summed E-state index contributed by atoms with van der Waals surface area (Å²) in [5.41, 5.74) is 2.16. The van der Waals surface area contributed by atoms with E-state index in [-0.39, 0.29) is 11.8 Å². The van der Waals surface area contributed by atoms with Gasteiger partial charge < -0.3 is 10.1 Å². The van der Waals surface area contributed by atoms with Gasteiger partial charge >= 0.3 is 6.61 Å². The zero-order valence-corrected chi connectivity index (χ0v) is 14.9. The molecule has 4 rings (SSSR count). The average molecular weight is 419 g/mol. The van der Waals surface area contributed by atoms with Gasteiger partial charge in [-0.05, 0) is 35.9 Å². The Bertz CT molecular complexity index is 956.